The first kappa shape index (κ1) is 11.1. The minimum absolute atomic E-state index is 0. The molecule has 1 heterocycles. The first-order valence-corrected chi connectivity index (χ1v) is 3.74. The smallest absolute Gasteiger partial charge is 0.333 e. The molecule has 0 aliphatic rings. The van der Waals surface area contributed by atoms with Crippen molar-refractivity contribution >= 4 is 11.8 Å². The molecule has 3 heteroatoms. The van der Waals surface area contributed by atoms with E-state index in [2.05, 4.69) is 11.9 Å². The minimum Gasteiger partial charge on any atom is -0.333 e. The van der Waals surface area contributed by atoms with Gasteiger partial charge in [0.2, 0.25) is 0 Å². The normalized spacial score (nSPS) is 8.50. The standard InChI is InChI=1S/C7H8NS.K/c1-2-9-7-3-5-8-6-4-7;/h3-6H,1-2H2;/q-1;+1. The van der Waals surface area contributed by atoms with E-state index in [1.54, 1.807) is 24.2 Å². The Morgan fingerprint density at radius 1 is 1.40 bits per heavy atom. The number of rotatable bonds is 2. The quantitative estimate of drug-likeness (QED) is 0.327. The Balaban J connectivity index is 0.000000810. The molecular weight excluding hydrogens is 169 g/mol. The average Bonchev–Trinajstić information content (AvgIpc) is 1.91. The molecule has 0 saturated heterocycles. The molecule has 0 fully saturated rings. The van der Waals surface area contributed by atoms with Gasteiger partial charge in [-0.25, -0.2) is 0 Å². The van der Waals surface area contributed by atoms with Gasteiger partial charge in [0.25, 0.3) is 0 Å². The third-order valence-corrected chi connectivity index (χ3v) is 1.73. The fraction of sp³-hybridized carbons (Fsp3) is 0.143. The summed E-state index contributed by atoms with van der Waals surface area (Å²) in [6.45, 7) is 3.72. The predicted molar refractivity (Wildman–Crippen MR) is 40.3 cm³/mol. The van der Waals surface area contributed by atoms with Crippen LogP contribution in [0.5, 0.6) is 0 Å². The van der Waals surface area contributed by atoms with Crippen LogP contribution in [0.2, 0.25) is 0 Å². The van der Waals surface area contributed by atoms with Crippen LogP contribution >= 0.6 is 11.8 Å². The molecule has 48 valence electrons. The second-order valence-electron chi connectivity index (χ2n) is 1.53. The monoisotopic (exact) mass is 177 g/mol. The van der Waals surface area contributed by atoms with Gasteiger partial charge in [-0.2, -0.15) is 11.8 Å². The molecule has 0 bridgehead atoms. The molecule has 0 spiro atoms. The maximum atomic E-state index is 3.89. The van der Waals surface area contributed by atoms with Gasteiger partial charge in [0.15, 0.2) is 0 Å². The van der Waals surface area contributed by atoms with E-state index in [1.165, 1.54) is 4.90 Å². The first-order chi connectivity index (χ1) is 4.43. The Hall–Kier alpha value is 1.14. The molecule has 0 amide bonds. The second-order valence-corrected chi connectivity index (χ2v) is 2.70. The van der Waals surface area contributed by atoms with Gasteiger partial charge in [-0.3, -0.25) is 4.98 Å². The number of pyridine rings is 1. The van der Waals surface area contributed by atoms with Gasteiger partial charge in [-0.1, -0.05) is 0 Å². The van der Waals surface area contributed by atoms with Crippen LogP contribution in [0, 0.1) is 6.92 Å². The molecule has 10 heavy (non-hydrogen) atoms. The largest absolute Gasteiger partial charge is 1.00 e. The van der Waals surface area contributed by atoms with Crippen molar-refractivity contribution in [2.24, 2.45) is 0 Å². The van der Waals surface area contributed by atoms with Gasteiger partial charge in [0.05, 0.1) is 0 Å². The van der Waals surface area contributed by atoms with Crippen molar-refractivity contribution in [1.29, 1.82) is 0 Å². The van der Waals surface area contributed by atoms with Crippen LogP contribution in [-0.4, -0.2) is 10.7 Å². The molecule has 0 unspecified atom stereocenters. The van der Waals surface area contributed by atoms with Gasteiger partial charge in [-0.15, -0.1) is 5.75 Å². The molecule has 0 saturated carbocycles. The van der Waals surface area contributed by atoms with Crippen molar-refractivity contribution in [3.63, 3.8) is 0 Å². The topological polar surface area (TPSA) is 12.9 Å². The van der Waals surface area contributed by atoms with Crippen molar-refractivity contribution in [3.8, 4) is 0 Å². The van der Waals surface area contributed by atoms with E-state index in [9.17, 15) is 0 Å². The Labute approximate surface area is 108 Å². The fourth-order valence-electron chi connectivity index (χ4n) is 0.552. The van der Waals surface area contributed by atoms with Crippen LogP contribution < -0.4 is 51.4 Å². The van der Waals surface area contributed by atoms with Gasteiger partial charge in [-0.05, 0) is 12.1 Å². The van der Waals surface area contributed by atoms with Crippen molar-refractivity contribution in [3.05, 3.63) is 31.5 Å². The number of hydrogen-bond donors (Lipinski definition) is 0. The van der Waals surface area contributed by atoms with E-state index in [-0.39, 0.29) is 51.4 Å². The summed E-state index contributed by atoms with van der Waals surface area (Å²) in [5, 5.41) is 0. The number of nitrogens with zero attached hydrogens (tertiary/aromatic N) is 1. The second kappa shape index (κ2) is 6.82. The number of hydrogen-bond acceptors (Lipinski definition) is 2. The molecular formula is C7H8KNS. The van der Waals surface area contributed by atoms with E-state index in [1.807, 2.05) is 12.1 Å². The number of aromatic nitrogens is 1. The van der Waals surface area contributed by atoms with E-state index >= 15 is 0 Å². The molecule has 0 aliphatic heterocycles. The molecule has 1 aromatic rings. The van der Waals surface area contributed by atoms with Gasteiger partial charge < -0.3 is 6.92 Å². The van der Waals surface area contributed by atoms with Crippen molar-refractivity contribution in [1.82, 2.24) is 4.98 Å². The van der Waals surface area contributed by atoms with Crippen molar-refractivity contribution in [2.45, 2.75) is 4.90 Å². The van der Waals surface area contributed by atoms with Gasteiger partial charge >= 0.3 is 51.4 Å². The first-order valence-electron chi connectivity index (χ1n) is 2.75. The SMILES string of the molecule is [CH2-]CSc1ccncc1.[K+]. The molecule has 0 aliphatic carbocycles. The molecule has 1 aromatic heterocycles. The van der Waals surface area contributed by atoms with E-state index in [0.29, 0.717) is 0 Å². The van der Waals surface area contributed by atoms with Crippen molar-refractivity contribution < 1.29 is 51.4 Å². The summed E-state index contributed by atoms with van der Waals surface area (Å²) in [6, 6.07) is 3.96. The minimum atomic E-state index is 0. The third-order valence-electron chi connectivity index (χ3n) is 0.918. The van der Waals surface area contributed by atoms with E-state index in [0.717, 1.165) is 5.75 Å². The maximum absolute atomic E-state index is 3.89. The number of thioether (sulfide) groups is 1. The molecule has 0 radical (unpaired) electrons. The fourth-order valence-corrected chi connectivity index (χ4v) is 1.10. The summed E-state index contributed by atoms with van der Waals surface area (Å²) in [7, 11) is 0. The van der Waals surface area contributed by atoms with Crippen LogP contribution in [0.1, 0.15) is 0 Å². The molecule has 0 aromatic carbocycles. The van der Waals surface area contributed by atoms with Crippen molar-refractivity contribution in [2.75, 3.05) is 5.75 Å². The zero-order valence-corrected chi connectivity index (χ0v) is 10.0. The van der Waals surface area contributed by atoms with Crippen LogP contribution in [0.4, 0.5) is 0 Å². The van der Waals surface area contributed by atoms with Crippen LogP contribution in [0.3, 0.4) is 0 Å². The summed E-state index contributed by atoms with van der Waals surface area (Å²) in [5.41, 5.74) is 0. The Kier molecular flexibility index (Phi) is 7.60. The zero-order chi connectivity index (χ0) is 6.53. The summed E-state index contributed by atoms with van der Waals surface area (Å²) < 4.78 is 0. The average molecular weight is 177 g/mol. The molecule has 1 rings (SSSR count). The summed E-state index contributed by atoms with van der Waals surface area (Å²) in [6.07, 6.45) is 3.58. The third kappa shape index (κ3) is 4.11. The summed E-state index contributed by atoms with van der Waals surface area (Å²) in [5.74, 6) is 0.879. The predicted octanol–water partition coefficient (Wildman–Crippen LogP) is -0.988. The Morgan fingerprint density at radius 3 is 2.50 bits per heavy atom. The zero-order valence-electron chi connectivity index (χ0n) is 6.08. The van der Waals surface area contributed by atoms with Gasteiger partial charge in [0, 0.05) is 17.3 Å². The van der Waals surface area contributed by atoms with Gasteiger partial charge in [0.1, 0.15) is 0 Å². The van der Waals surface area contributed by atoms with Crippen LogP contribution in [0.25, 0.3) is 0 Å². The summed E-state index contributed by atoms with van der Waals surface area (Å²) in [4.78, 5) is 5.13. The molecule has 0 atom stereocenters. The molecule has 0 N–H and O–H groups in total. The summed E-state index contributed by atoms with van der Waals surface area (Å²) >= 11 is 1.72. The van der Waals surface area contributed by atoms with E-state index < -0.39 is 0 Å². The molecule has 1 nitrogen and oxygen atoms in total. The van der Waals surface area contributed by atoms with E-state index in [4.69, 9.17) is 0 Å². The Morgan fingerprint density at radius 2 is 2.00 bits per heavy atom. The Bertz CT molecular complexity index is 167. The van der Waals surface area contributed by atoms with Crippen LogP contribution in [0.15, 0.2) is 29.4 Å². The maximum Gasteiger partial charge on any atom is 1.00 e. The van der Waals surface area contributed by atoms with Crippen LogP contribution in [-0.2, 0) is 0 Å².